The molecule has 0 aromatic heterocycles. The van der Waals surface area contributed by atoms with Gasteiger partial charge in [0.25, 0.3) is 0 Å². The van der Waals surface area contributed by atoms with E-state index in [0.717, 1.165) is 24.8 Å². The number of nitrogens with zero attached hydrogens (tertiary/aromatic N) is 1. The number of ketones is 1. The van der Waals surface area contributed by atoms with Crippen LogP contribution in [0.3, 0.4) is 0 Å². The first kappa shape index (κ1) is 30.7. The first-order chi connectivity index (χ1) is 16.6. The number of ether oxygens (including phenoxy) is 1. The second-order valence-corrected chi connectivity index (χ2v) is 18.0. The van der Waals surface area contributed by atoms with E-state index in [1.165, 1.54) is 0 Å². The lowest BCUT2D eigenvalue weighted by atomic mass is 9.86. The van der Waals surface area contributed by atoms with Crippen molar-refractivity contribution in [1.29, 1.82) is 0 Å². The van der Waals surface area contributed by atoms with E-state index in [4.69, 9.17) is 9.16 Å². The molecule has 0 saturated carbocycles. The summed E-state index contributed by atoms with van der Waals surface area (Å²) in [5, 5.41) is 0.111. The van der Waals surface area contributed by atoms with Gasteiger partial charge in [-0.15, -0.1) is 0 Å². The molecule has 1 unspecified atom stereocenters. The molecular weight excluding hydrogens is 466 g/mol. The topological polar surface area (TPSA) is 55.8 Å². The van der Waals surface area contributed by atoms with E-state index in [9.17, 15) is 9.59 Å². The van der Waals surface area contributed by atoms with Crippen molar-refractivity contribution in [2.75, 3.05) is 6.61 Å². The predicted octanol–water partition coefficient (Wildman–Crippen LogP) is 7.00. The number of hydrogen-bond acceptors (Lipinski definition) is 5. The third-order valence-corrected chi connectivity index (χ3v) is 12.5. The largest absolute Gasteiger partial charge is 0.459 e. The van der Waals surface area contributed by atoms with Crippen molar-refractivity contribution in [2.24, 2.45) is 11.8 Å². The fourth-order valence-electron chi connectivity index (χ4n) is 4.87. The third-order valence-electron chi connectivity index (χ3n) is 7.99. The maximum atomic E-state index is 13.5. The molecule has 1 heterocycles. The zero-order valence-corrected chi connectivity index (χ0v) is 25.5. The minimum atomic E-state index is -1.96. The smallest absolute Gasteiger partial charge is 0.323 e. The van der Waals surface area contributed by atoms with Crippen molar-refractivity contribution in [2.45, 2.75) is 123 Å². The highest BCUT2D eigenvalue weighted by Crippen LogP contribution is 2.41. The Hall–Kier alpha value is -1.50. The van der Waals surface area contributed by atoms with Crippen LogP contribution in [0.25, 0.3) is 0 Å². The Bertz CT molecular complexity index is 856. The number of esters is 1. The van der Waals surface area contributed by atoms with Gasteiger partial charge in [0.05, 0.1) is 0 Å². The van der Waals surface area contributed by atoms with Gasteiger partial charge in [0.1, 0.15) is 17.4 Å². The van der Waals surface area contributed by atoms with Crippen molar-refractivity contribution in [3.8, 4) is 0 Å². The molecule has 2 rings (SSSR count). The first-order valence-electron chi connectivity index (χ1n) is 13.7. The van der Waals surface area contributed by atoms with E-state index in [1.807, 2.05) is 39.0 Å². The Kier molecular flexibility index (Phi) is 10.5. The number of hydrogen-bond donors (Lipinski definition) is 0. The second kappa shape index (κ2) is 12.4. The fourth-order valence-corrected chi connectivity index (χ4v) is 5.93. The summed E-state index contributed by atoms with van der Waals surface area (Å²) < 4.78 is 12.6. The molecule has 204 valence electrons. The van der Waals surface area contributed by atoms with Crippen molar-refractivity contribution in [1.82, 2.24) is 4.90 Å². The summed E-state index contributed by atoms with van der Waals surface area (Å²) in [5.74, 6) is 0.222. The van der Waals surface area contributed by atoms with Crippen LogP contribution in [-0.2, 0) is 25.3 Å². The normalized spacial score (nSPS) is 22.4. The van der Waals surface area contributed by atoms with Crippen molar-refractivity contribution in [3.05, 3.63) is 35.9 Å². The molecule has 0 spiro atoms. The lowest BCUT2D eigenvalue weighted by Crippen LogP contribution is -2.46. The van der Waals surface area contributed by atoms with Crippen molar-refractivity contribution < 1.29 is 18.8 Å². The molecule has 0 amide bonds. The predicted molar refractivity (Wildman–Crippen MR) is 150 cm³/mol. The highest BCUT2D eigenvalue weighted by atomic mass is 28.4. The van der Waals surface area contributed by atoms with Gasteiger partial charge in [0, 0.05) is 25.1 Å². The van der Waals surface area contributed by atoms with E-state index in [-0.39, 0.29) is 40.7 Å². The summed E-state index contributed by atoms with van der Waals surface area (Å²) >= 11 is 0. The molecule has 1 fully saturated rings. The molecule has 1 aliphatic rings. The minimum absolute atomic E-state index is 0.00830. The summed E-state index contributed by atoms with van der Waals surface area (Å²) in [6, 6.07) is 10.0. The SMILES string of the molecule is CCCC(C[C@@H]1[C@H](CO[Si](C)(C)C(C)(C)C)C[C@H](C(=O)OC(C)(C)C)N1Cc1ccccc1)C(C)=O. The van der Waals surface area contributed by atoms with Gasteiger partial charge in [0.15, 0.2) is 8.32 Å². The zero-order chi connectivity index (χ0) is 27.3. The van der Waals surface area contributed by atoms with E-state index < -0.39 is 13.9 Å². The summed E-state index contributed by atoms with van der Waals surface area (Å²) in [5.41, 5.74) is 0.613. The number of rotatable bonds is 11. The molecule has 0 aliphatic carbocycles. The van der Waals surface area contributed by atoms with Crippen LogP contribution in [-0.4, -0.2) is 49.3 Å². The molecular formula is C30H51NO4Si. The summed E-state index contributed by atoms with van der Waals surface area (Å²) in [6.07, 6.45) is 3.28. The van der Waals surface area contributed by atoms with E-state index >= 15 is 0 Å². The molecule has 4 atom stereocenters. The van der Waals surface area contributed by atoms with Crippen LogP contribution >= 0.6 is 0 Å². The second-order valence-electron chi connectivity index (χ2n) is 13.2. The third kappa shape index (κ3) is 8.52. The fraction of sp³-hybridized carbons (Fsp3) is 0.733. The van der Waals surface area contributed by atoms with Crippen LogP contribution in [0, 0.1) is 11.8 Å². The van der Waals surface area contributed by atoms with Crippen LogP contribution in [0.2, 0.25) is 18.1 Å². The highest BCUT2D eigenvalue weighted by molar-refractivity contribution is 6.74. The van der Waals surface area contributed by atoms with Gasteiger partial charge in [-0.25, -0.2) is 0 Å². The van der Waals surface area contributed by atoms with Gasteiger partial charge in [0.2, 0.25) is 0 Å². The van der Waals surface area contributed by atoms with Crippen molar-refractivity contribution >= 4 is 20.1 Å². The van der Waals surface area contributed by atoms with Crippen molar-refractivity contribution in [3.63, 3.8) is 0 Å². The first-order valence-corrected chi connectivity index (χ1v) is 16.6. The molecule has 0 N–H and O–H groups in total. The summed E-state index contributed by atoms with van der Waals surface area (Å²) in [7, 11) is -1.96. The highest BCUT2D eigenvalue weighted by Gasteiger charge is 2.48. The Labute approximate surface area is 221 Å². The monoisotopic (exact) mass is 517 g/mol. The van der Waals surface area contributed by atoms with Gasteiger partial charge in [-0.2, -0.15) is 0 Å². The Balaban J connectivity index is 2.44. The van der Waals surface area contributed by atoms with Gasteiger partial charge in [-0.1, -0.05) is 64.4 Å². The van der Waals surface area contributed by atoms with Crippen LogP contribution in [0.5, 0.6) is 0 Å². The number of carbonyl (C=O) groups is 2. The lowest BCUT2D eigenvalue weighted by Gasteiger charge is -2.38. The maximum Gasteiger partial charge on any atom is 0.323 e. The number of benzene rings is 1. The van der Waals surface area contributed by atoms with Crippen LogP contribution in [0.1, 0.15) is 86.6 Å². The summed E-state index contributed by atoms with van der Waals surface area (Å²) in [6.45, 7) is 22.2. The number of carbonyl (C=O) groups excluding carboxylic acids is 2. The Morgan fingerprint density at radius 1 is 1.08 bits per heavy atom. The number of Topliss-reactive ketones (excluding diaryl/α,β-unsaturated/α-hetero) is 1. The van der Waals surface area contributed by atoms with E-state index in [0.29, 0.717) is 19.6 Å². The maximum absolute atomic E-state index is 13.5. The molecule has 1 saturated heterocycles. The lowest BCUT2D eigenvalue weighted by molar-refractivity contribution is -0.161. The van der Waals surface area contributed by atoms with E-state index in [2.05, 4.69) is 57.8 Å². The van der Waals surface area contributed by atoms with Gasteiger partial charge in [-0.3, -0.25) is 14.5 Å². The molecule has 0 bridgehead atoms. The summed E-state index contributed by atoms with van der Waals surface area (Å²) in [4.78, 5) is 28.4. The Morgan fingerprint density at radius 2 is 1.69 bits per heavy atom. The van der Waals surface area contributed by atoms with Gasteiger partial charge >= 0.3 is 5.97 Å². The molecule has 1 aromatic carbocycles. The van der Waals surface area contributed by atoms with Crippen LogP contribution in [0.15, 0.2) is 30.3 Å². The molecule has 36 heavy (non-hydrogen) atoms. The molecule has 1 aliphatic heterocycles. The molecule has 1 aromatic rings. The van der Waals surface area contributed by atoms with Crippen LogP contribution in [0.4, 0.5) is 0 Å². The average Bonchev–Trinajstić information content (AvgIpc) is 3.08. The molecule has 5 nitrogen and oxygen atoms in total. The standard InChI is InChI=1S/C30H51NO4Si/c1-11-15-24(22(2)32)18-26-25(21-34-36(9,10)30(6,7)8)19-27(28(33)35-29(3,4)5)31(26)20-23-16-13-12-14-17-23/h12-14,16-17,24-27H,11,15,18-21H2,1-10H3/t24?,25-,26+,27+/m0/s1. The van der Waals surface area contributed by atoms with Gasteiger partial charge < -0.3 is 9.16 Å². The van der Waals surface area contributed by atoms with E-state index in [1.54, 1.807) is 6.92 Å². The molecule has 6 heteroatoms. The zero-order valence-electron chi connectivity index (χ0n) is 24.5. The average molecular weight is 518 g/mol. The number of likely N-dealkylation sites (tertiary alicyclic amines) is 1. The molecule has 0 radical (unpaired) electrons. The Morgan fingerprint density at radius 3 is 2.19 bits per heavy atom. The quantitative estimate of drug-likeness (QED) is 0.233. The minimum Gasteiger partial charge on any atom is -0.459 e. The van der Waals surface area contributed by atoms with Gasteiger partial charge in [-0.05, 0) is 76.6 Å². The van der Waals surface area contributed by atoms with Crippen LogP contribution < -0.4 is 0 Å².